The standard InChI is InChI=1S/C4H6BrClO.C4H7BrO2.CH4.Cl2OS/c2*1-4(2,5)3(6)7;;1-4(2)3/h1-2H3;1-2H3,(H,6,7);1H4;. The highest BCUT2D eigenvalue weighted by Gasteiger charge is 2.21. The van der Waals surface area contributed by atoms with Crippen LogP contribution < -0.4 is 0 Å². The molecule has 0 aromatic rings. The summed E-state index contributed by atoms with van der Waals surface area (Å²) in [4.78, 5) is 20.2. The van der Waals surface area contributed by atoms with E-state index in [0.717, 1.165) is 0 Å². The normalized spacial score (nSPS) is 10.2. The van der Waals surface area contributed by atoms with Gasteiger partial charge in [0.25, 0.3) is 0 Å². The van der Waals surface area contributed by atoms with Crippen LogP contribution in [0.1, 0.15) is 35.1 Å². The molecule has 0 heterocycles. The van der Waals surface area contributed by atoms with E-state index >= 15 is 0 Å². The summed E-state index contributed by atoms with van der Waals surface area (Å²) in [7, 11) is 7.36. The Labute approximate surface area is 147 Å². The minimum absolute atomic E-state index is 0. The molecule has 0 atom stereocenters. The van der Waals surface area contributed by atoms with E-state index in [0.29, 0.717) is 0 Å². The minimum atomic E-state index is -1.67. The molecule has 0 aliphatic heterocycles. The van der Waals surface area contributed by atoms with Gasteiger partial charge < -0.3 is 5.11 Å². The number of hydrogen-bond donors (Lipinski definition) is 1. The van der Waals surface area contributed by atoms with Gasteiger partial charge in [-0.1, -0.05) is 39.3 Å². The van der Waals surface area contributed by atoms with Crippen LogP contribution in [0.2, 0.25) is 0 Å². The van der Waals surface area contributed by atoms with Gasteiger partial charge in [0, 0.05) is 21.4 Å². The van der Waals surface area contributed by atoms with E-state index in [4.69, 9.17) is 20.9 Å². The van der Waals surface area contributed by atoms with Crippen LogP contribution in [0.25, 0.3) is 0 Å². The first-order chi connectivity index (χ1) is 7.62. The van der Waals surface area contributed by atoms with Crippen molar-refractivity contribution < 1.29 is 18.9 Å². The van der Waals surface area contributed by atoms with Crippen LogP contribution in [0, 0.1) is 0 Å². The van der Waals surface area contributed by atoms with Crippen molar-refractivity contribution in [2.45, 2.75) is 43.8 Å². The number of rotatable bonds is 2. The molecule has 0 aliphatic carbocycles. The van der Waals surface area contributed by atoms with Gasteiger partial charge in [0.15, 0.2) is 0 Å². The zero-order valence-electron chi connectivity index (χ0n) is 9.97. The van der Waals surface area contributed by atoms with Gasteiger partial charge in [-0.25, -0.2) is 4.21 Å². The number of hydrogen-bond acceptors (Lipinski definition) is 3. The summed E-state index contributed by atoms with van der Waals surface area (Å²) in [5, 5.41) is 7.84. The topological polar surface area (TPSA) is 71.4 Å². The molecule has 10 heteroatoms. The SMILES string of the molecule is C.CC(C)(Br)C(=O)Cl.CC(C)(Br)C(=O)O.O=S(Cl)Cl. The highest BCUT2D eigenvalue weighted by Crippen LogP contribution is 2.18. The molecule has 0 aliphatic rings. The maximum atomic E-state index is 10.2. The second-order valence-corrected chi connectivity index (χ2v) is 10.5. The minimum Gasteiger partial charge on any atom is -0.480 e. The number of carboxylic acids is 1. The maximum absolute atomic E-state index is 10.2. The molecule has 19 heavy (non-hydrogen) atoms. The van der Waals surface area contributed by atoms with Crippen LogP contribution in [0.15, 0.2) is 0 Å². The molecule has 0 aromatic heterocycles. The van der Waals surface area contributed by atoms with Crippen LogP contribution in [0.4, 0.5) is 0 Å². The van der Waals surface area contributed by atoms with E-state index < -0.39 is 23.8 Å². The van der Waals surface area contributed by atoms with Crippen LogP contribution in [0.3, 0.4) is 0 Å². The van der Waals surface area contributed by atoms with Gasteiger partial charge in [0.2, 0.25) is 14.5 Å². The molecule has 0 aromatic carbocycles. The Hall–Kier alpha value is 1.12. The van der Waals surface area contributed by atoms with E-state index in [-0.39, 0.29) is 12.7 Å². The molecule has 0 saturated carbocycles. The summed E-state index contributed by atoms with van der Waals surface area (Å²) in [6, 6.07) is 0. The molecule has 0 bridgehead atoms. The zero-order chi connectivity index (χ0) is 15.7. The second kappa shape index (κ2) is 12.8. The summed E-state index contributed by atoms with van der Waals surface area (Å²) in [5.41, 5.74) is 0. The van der Waals surface area contributed by atoms with Crippen LogP contribution >= 0.6 is 64.8 Å². The first kappa shape index (κ1) is 28.3. The van der Waals surface area contributed by atoms with Crippen molar-refractivity contribution in [2.75, 3.05) is 0 Å². The lowest BCUT2D eigenvalue weighted by Crippen LogP contribution is -2.22. The lowest BCUT2D eigenvalue weighted by molar-refractivity contribution is -0.138. The van der Waals surface area contributed by atoms with E-state index in [2.05, 4.69) is 53.2 Å². The molecule has 0 radical (unpaired) electrons. The van der Waals surface area contributed by atoms with Crippen molar-refractivity contribution >= 4 is 85.3 Å². The highest BCUT2D eigenvalue weighted by molar-refractivity contribution is 9.10. The smallest absolute Gasteiger partial charge is 0.319 e. The third-order valence-corrected chi connectivity index (χ3v) is 2.38. The summed E-state index contributed by atoms with van der Waals surface area (Å²) in [6.07, 6.45) is 0. The molecule has 0 rings (SSSR count). The monoisotopic (exact) mass is 484 g/mol. The fourth-order valence-electron chi connectivity index (χ4n) is 0. The number of carboxylic acid groups (broad SMARTS) is 1. The Morgan fingerprint density at radius 3 is 1.16 bits per heavy atom. The Balaban J connectivity index is -0.0000000900. The lowest BCUT2D eigenvalue weighted by atomic mass is 10.2. The van der Waals surface area contributed by atoms with Gasteiger partial charge >= 0.3 is 5.97 Å². The van der Waals surface area contributed by atoms with Gasteiger partial charge in [-0.05, 0) is 39.3 Å². The number of alkyl halides is 2. The van der Waals surface area contributed by atoms with Crippen molar-refractivity contribution in [3.63, 3.8) is 0 Å². The second-order valence-electron chi connectivity index (χ2n) is 3.71. The first-order valence-corrected chi connectivity index (χ1v) is 8.94. The Bertz CT molecular complexity index is 273. The average molecular weight is 487 g/mol. The number of carbonyl (C=O) groups is 2. The number of aliphatic carboxylic acids is 1. The van der Waals surface area contributed by atoms with Crippen molar-refractivity contribution in [2.24, 2.45) is 0 Å². The van der Waals surface area contributed by atoms with Gasteiger partial charge in [0.05, 0.1) is 4.32 Å². The van der Waals surface area contributed by atoms with Crippen molar-refractivity contribution in [3.05, 3.63) is 0 Å². The van der Waals surface area contributed by atoms with Gasteiger partial charge in [-0.3, -0.25) is 9.59 Å². The van der Waals surface area contributed by atoms with Gasteiger partial charge in [-0.2, -0.15) is 0 Å². The molecule has 1 N–H and O–H groups in total. The van der Waals surface area contributed by atoms with Crippen LogP contribution in [-0.2, 0) is 18.8 Å². The average Bonchev–Trinajstić information content (AvgIpc) is 1.99. The van der Waals surface area contributed by atoms with Crippen LogP contribution in [-0.4, -0.2) is 29.2 Å². The number of carbonyl (C=O) groups excluding carboxylic acids is 1. The third-order valence-electron chi connectivity index (χ3n) is 0.976. The molecule has 0 saturated heterocycles. The molecule has 0 fully saturated rings. The van der Waals surface area contributed by atoms with Crippen molar-refractivity contribution in [3.8, 4) is 0 Å². The summed E-state index contributed by atoms with van der Waals surface area (Å²) < 4.78 is 7.75. The maximum Gasteiger partial charge on any atom is 0.319 e. The predicted octanol–water partition coefficient (Wildman–Crippen LogP) is 4.85. The highest BCUT2D eigenvalue weighted by atomic mass is 79.9. The number of halogens is 5. The molecule has 4 nitrogen and oxygen atoms in total. The van der Waals surface area contributed by atoms with E-state index in [1.807, 2.05) is 0 Å². The lowest BCUT2D eigenvalue weighted by Gasteiger charge is -2.06. The van der Waals surface area contributed by atoms with E-state index in [9.17, 15) is 9.59 Å². The van der Waals surface area contributed by atoms with E-state index in [1.54, 1.807) is 27.7 Å². The zero-order valence-corrected chi connectivity index (χ0v) is 16.2. The summed E-state index contributed by atoms with van der Waals surface area (Å²) in [5.74, 6) is -0.840. The Morgan fingerprint density at radius 2 is 1.16 bits per heavy atom. The van der Waals surface area contributed by atoms with Crippen LogP contribution in [0.5, 0.6) is 0 Å². The molecule has 118 valence electrons. The summed E-state index contributed by atoms with van der Waals surface area (Å²) >= 11 is 11.1. The fraction of sp³-hybridized carbons (Fsp3) is 0.778. The fourth-order valence-corrected chi connectivity index (χ4v) is 0. The molecule has 0 spiro atoms. The largest absolute Gasteiger partial charge is 0.480 e. The van der Waals surface area contributed by atoms with Crippen molar-refractivity contribution in [1.82, 2.24) is 0 Å². The summed E-state index contributed by atoms with van der Waals surface area (Å²) in [6.45, 7) is 6.55. The molecule has 0 amide bonds. The first-order valence-electron chi connectivity index (χ1n) is 4.17. The predicted molar refractivity (Wildman–Crippen MR) is 91.1 cm³/mol. The Kier molecular flexibility index (Phi) is 19.1. The molecular formula is C9H17Br2Cl3O4S. The van der Waals surface area contributed by atoms with Gasteiger partial charge in [0.1, 0.15) is 4.32 Å². The molecular weight excluding hydrogens is 470 g/mol. The Morgan fingerprint density at radius 1 is 1.05 bits per heavy atom. The van der Waals surface area contributed by atoms with Crippen molar-refractivity contribution in [1.29, 1.82) is 0 Å². The molecule has 0 unspecified atom stereocenters. The van der Waals surface area contributed by atoms with E-state index in [1.165, 1.54) is 0 Å². The third kappa shape index (κ3) is 32.6. The van der Waals surface area contributed by atoms with Gasteiger partial charge in [-0.15, -0.1) is 0 Å². The quantitative estimate of drug-likeness (QED) is 0.447.